The first-order valence-corrected chi connectivity index (χ1v) is 7.92. The van der Waals surface area contributed by atoms with Gasteiger partial charge in [0, 0.05) is 24.0 Å². The van der Waals surface area contributed by atoms with Crippen molar-refractivity contribution in [1.82, 2.24) is 4.57 Å². The molecule has 1 aliphatic carbocycles. The normalized spacial score (nSPS) is 18.4. The first kappa shape index (κ1) is 14.7. The van der Waals surface area contributed by atoms with Crippen LogP contribution in [0.5, 0.6) is 0 Å². The predicted molar refractivity (Wildman–Crippen MR) is 82.1 cm³/mol. The Kier molecular flexibility index (Phi) is 4.13. The molecule has 0 saturated heterocycles. The Morgan fingerprint density at radius 2 is 2.05 bits per heavy atom. The Morgan fingerprint density at radius 1 is 1.24 bits per heavy atom. The molecule has 5 heteroatoms. The van der Waals surface area contributed by atoms with E-state index in [9.17, 15) is 8.78 Å². The van der Waals surface area contributed by atoms with Crippen molar-refractivity contribution in [2.24, 2.45) is 5.73 Å². The standard InChI is InChI=1S/C16H17BrF2N2/c17-13-5-6-14(18)12(16(13)19)9-21-7-10-3-1-2-4-15(20)11(10)8-21/h5-8,15H,1-4,9,20H2. The Balaban J connectivity index is 1.93. The molecule has 112 valence electrons. The Labute approximate surface area is 131 Å². The van der Waals surface area contributed by atoms with E-state index in [4.69, 9.17) is 5.73 Å². The summed E-state index contributed by atoms with van der Waals surface area (Å²) in [4.78, 5) is 0. The van der Waals surface area contributed by atoms with E-state index in [-0.39, 0.29) is 22.6 Å². The molecule has 3 rings (SSSR count). The molecule has 0 amide bonds. The highest BCUT2D eigenvalue weighted by molar-refractivity contribution is 9.10. The van der Waals surface area contributed by atoms with E-state index >= 15 is 0 Å². The van der Waals surface area contributed by atoms with Crippen molar-refractivity contribution in [3.05, 3.63) is 57.3 Å². The van der Waals surface area contributed by atoms with Crippen molar-refractivity contribution in [2.75, 3.05) is 0 Å². The summed E-state index contributed by atoms with van der Waals surface area (Å²) >= 11 is 3.10. The van der Waals surface area contributed by atoms with Crippen LogP contribution in [0.4, 0.5) is 8.78 Å². The molecule has 1 aliphatic rings. The molecule has 0 fully saturated rings. The van der Waals surface area contributed by atoms with Gasteiger partial charge in [-0.05, 0) is 58.5 Å². The third kappa shape index (κ3) is 2.90. The molecule has 1 aromatic heterocycles. The minimum Gasteiger partial charge on any atom is -0.349 e. The van der Waals surface area contributed by atoms with Crippen molar-refractivity contribution in [1.29, 1.82) is 0 Å². The van der Waals surface area contributed by atoms with E-state index in [1.165, 1.54) is 17.7 Å². The molecule has 0 saturated carbocycles. The number of rotatable bonds is 2. The summed E-state index contributed by atoms with van der Waals surface area (Å²) < 4.78 is 30.0. The van der Waals surface area contributed by atoms with E-state index in [2.05, 4.69) is 15.9 Å². The van der Waals surface area contributed by atoms with Crippen LogP contribution in [-0.4, -0.2) is 4.57 Å². The SMILES string of the molecule is NC1CCCCc2cn(Cc3c(F)ccc(Br)c3F)cc21. The Morgan fingerprint density at radius 3 is 2.86 bits per heavy atom. The number of fused-ring (bicyclic) bond motifs is 1. The summed E-state index contributed by atoms with van der Waals surface area (Å²) in [5.74, 6) is -1.06. The zero-order valence-corrected chi connectivity index (χ0v) is 13.2. The van der Waals surface area contributed by atoms with E-state index < -0.39 is 11.6 Å². The molecule has 21 heavy (non-hydrogen) atoms. The molecule has 2 aromatic rings. The lowest BCUT2D eigenvalue weighted by Crippen LogP contribution is -2.09. The smallest absolute Gasteiger partial charge is 0.145 e. The van der Waals surface area contributed by atoms with Gasteiger partial charge in [-0.2, -0.15) is 0 Å². The van der Waals surface area contributed by atoms with Gasteiger partial charge in [0.1, 0.15) is 11.6 Å². The van der Waals surface area contributed by atoms with Crippen LogP contribution in [-0.2, 0) is 13.0 Å². The van der Waals surface area contributed by atoms with E-state index in [1.807, 2.05) is 17.0 Å². The first-order chi connectivity index (χ1) is 10.1. The van der Waals surface area contributed by atoms with Crippen molar-refractivity contribution < 1.29 is 8.78 Å². The fourth-order valence-electron chi connectivity index (χ4n) is 2.94. The quantitative estimate of drug-likeness (QED) is 0.632. The van der Waals surface area contributed by atoms with Crippen LogP contribution >= 0.6 is 15.9 Å². The molecular weight excluding hydrogens is 338 g/mol. The maximum absolute atomic E-state index is 14.0. The number of hydrogen-bond donors (Lipinski definition) is 1. The van der Waals surface area contributed by atoms with E-state index in [0.717, 1.165) is 31.2 Å². The van der Waals surface area contributed by atoms with E-state index in [1.54, 1.807) is 0 Å². The lowest BCUT2D eigenvalue weighted by Gasteiger charge is -2.09. The van der Waals surface area contributed by atoms with Gasteiger partial charge in [-0.3, -0.25) is 0 Å². The number of aromatic nitrogens is 1. The number of nitrogens with two attached hydrogens (primary N) is 1. The summed E-state index contributed by atoms with van der Waals surface area (Å²) in [5, 5.41) is 0. The number of hydrogen-bond acceptors (Lipinski definition) is 1. The van der Waals surface area contributed by atoms with Crippen molar-refractivity contribution >= 4 is 15.9 Å². The van der Waals surface area contributed by atoms with Crippen molar-refractivity contribution in [3.8, 4) is 0 Å². The Hall–Kier alpha value is -1.20. The number of nitrogens with zero attached hydrogens (tertiary/aromatic N) is 1. The van der Waals surface area contributed by atoms with Gasteiger partial charge in [-0.1, -0.05) is 6.42 Å². The highest BCUT2D eigenvalue weighted by Gasteiger charge is 2.19. The van der Waals surface area contributed by atoms with Gasteiger partial charge in [0.2, 0.25) is 0 Å². The van der Waals surface area contributed by atoms with Gasteiger partial charge < -0.3 is 10.3 Å². The van der Waals surface area contributed by atoms with Gasteiger partial charge in [0.05, 0.1) is 11.0 Å². The fourth-order valence-corrected chi connectivity index (χ4v) is 3.31. The molecule has 2 N–H and O–H groups in total. The van der Waals surface area contributed by atoms with Crippen LogP contribution in [0.1, 0.15) is 42.0 Å². The summed E-state index contributed by atoms with van der Waals surface area (Å²) in [6.07, 6.45) is 8.11. The molecule has 0 aliphatic heterocycles. The molecule has 1 heterocycles. The molecule has 0 bridgehead atoms. The van der Waals surface area contributed by atoms with Crippen LogP contribution in [0.15, 0.2) is 29.0 Å². The summed E-state index contributed by atoms with van der Waals surface area (Å²) in [7, 11) is 0. The summed E-state index contributed by atoms with van der Waals surface area (Å²) in [6.45, 7) is 0.177. The molecule has 1 atom stereocenters. The topological polar surface area (TPSA) is 30.9 Å². The second kappa shape index (κ2) is 5.89. The van der Waals surface area contributed by atoms with Crippen molar-refractivity contribution in [3.63, 3.8) is 0 Å². The average Bonchev–Trinajstić information content (AvgIpc) is 2.79. The molecule has 0 radical (unpaired) electrons. The maximum atomic E-state index is 14.0. The minimum atomic E-state index is -0.539. The zero-order valence-electron chi connectivity index (χ0n) is 11.6. The monoisotopic (exact) mass is 354 g/mol. The molecule has 0 spiro atoms. The molecule has 1 unspecified atom stereocenters. The second-order valence-electron chi connectivity index (χ2n) is 5.59. The van der Waals surface area contributed by atoms with E-state index in [0.29, 0.717) is 0 Å². The lowest BCUT2D eigenvalue weighted by atomic mass is 10.1. The fraction of sp³-hybridized carbons (Fsp3) is 0.375. The molecule has 1 aromatic carbocycles. The Bertz CT molecular complexity index is 667. The van der Waals surface area contributed by atoms with Crippen molar-refractivity contribution in [2.45, 2.75) is 38.3 Å². The number of halogens is 3. The zero-order chi connectivity index (χ0) is 15.0. The largest absolute Gasteiger partial charge is 0.349 e. The first-order valence-electron chi connectivity index (χ1n) is 7.12. The van der Waals surface area contributed by atoms with Gasteiger partial charge in [0.25, 0.3) is 0 Å². The maximum Gasteiger partial charge on any atom is 0.145 e. The summed E-state index contributed by atoms with van der Waals surface area (Å²) in [6, 6.07) is 2.69. The number of benzene rings is 1. The van der Waals surface area contributed by atoms with Crippen LogP contribution < -0.4 is 5.73 Å². The lowest BCUT2D eigenvalue weighted by molar-refractivity contribution is 0.539. The third-order valence-corrected chi connectivity index (χ3v) is 4.70. The van der Waals surface area contributed by atoms with Gasteiger partial charge in [0.15, 0.2) is 0 Å². The van der Waals surface area contributed by atoms with Gasteiger partial charge >= 0.3 is 0 Å². The highest BCUT2D eigenvalue weighted by Crippen LogP contribution is 2.29. The minimum absolute atomic E-state index is 0.0287. The summed E-state index contributed by atoms with van der Waals surface area (Å²) in [5.41, 5.74) is 8.56. The van der Waals surface area contributed by atoms with Crippen LogP contribution in [0.25, 0.3) is 0 Å². The predicted octanol–water partition coefficient (Wildman–Crippen LogP) is 4.30. The van der Waals surface area contributed by atoms with Crippen LogP contribution in [0.2, 0.25) is 0 Å². The van der Waals surface area contributed by atoms with Crippen LogP contribution in [0.3, 0.4) is 0 Å². The third-order valence-electron chi connectivity index (χ3n) is 4.09. The molecular formula is C16H17BrF2N2. The molecule has 2 nitrogen and oxygen atoms in total. The van der Waals surface area contributed by atoms with Crippen LogP contribution in [0, 0.1) is 11.6 Å². The second-order valence-corrected chi connectivity index (χ2v) is 6.44. The van der Waals surface area contributed by atoms with Gasteiger partial charge in [-0.25, -0.2) is 8.78 Å². The highest BCUT2D eigenvalue weighted by atomic mass is 79.9. The average molecular weight is 355 g/mol. The van der Waals surface area contributed by atoms with Gasteiger partial charge in [-0.15, -0.1) is 0 Å². The number of aryl methyl sites for hydroxylation is 1.